The smallest absolute Gasteiger partial charge is 0.325 e. The van der Waals surface area contributed by atoms with Crippen LogP contribution in [0.25, 0.3) is 0 Å². The Morgan fingerprint density at radius 1 is 1.09 bits per heavy atom. The van der Waals surface area contributed by atoms with Gasteiger partial charge in [-0.1, -0.05) is 30.3 Å². The third-order valence-electron chi connectivity index (χ3n) is 6.30. The fourth-order valence-electron chi connectivity index (χ4n) is 4.75. The molecule has 0 bridgehead atoms. The molecule has 1 atom stereocenters. The van der Waals surface area contributed by atoms with Crippen molar-refractivity contribution >= 4 is 17.8 Å². The molecule has 0 saturated carbocycles. The van der Waals surface area contributed by atoms with Crippen LogP contribution >= 0.6 is 0 Å². The van der Waals surface area contributed by atoms with Crippen molar-refractivity contribution in [1.29, 1.82) is 0 Å². The highest BCUT2D eigenvalue weighted by atomic mass is 16.5. The Hall–Kier alpha value is -3.55. The number of carbonyl (C=O) groups is 3. The lowest BCUT2D eigenvalue weighted by atomic mass is 9.76. The Bertz CT molecular complexity index is 1090. The predicted octanol–water partition coefficient (Wildman–Crippen LogP) is 2.93. The number of urea groups is 1. The maximum Gasteiger partial charge on any atom is 0.325 e. The van der Waals surface area contributed by atoms with Crippen molar-refractivity contribution < 1.29 is 23.9 Å². The highest BCUT2D eigenvalue weighted by molar-refractivity contribution is 6.09. The minimum Gasteiger partial charge on any atom is -0.490 e. The summed E-state index contributed by atoms with van der Waals surface area (Å²) in [7, 11) is 0. The van der Waals surface area contributed by atoms with E-state index in [1.54, 1.807) is 0 Å². The molecule has 34 heavy (non-hydrogen) atoms. The molecule has 1 heterocycles. The molecule has 0 aromatic heterocycles. The van der Waals surface area contributed by atoms with Crippen LogP contribution in [0.3, 0.4) is 0 Å². The fourth-order valence-corrected chi connectivity index (χ4v) is 4.75. The first kappa shape index (κ1) is 23.6. The zero-order chi connectivity index (χ0) is 24.1. The summed E-state index contributed by atoms with van der Waals surface area (Å²) in [6.07, 6.45) is 2.79. The molecule has 180 valence electrons. The largest absolute Gasteiger partial charge is 0.490 e. The Labute approximate surface area is 199 Å². The molecule has 8 heteroatoms. The van der Waals surface area contributed by atoms with E-state index in [0.29, 0.717) is 44.1 Å². The van der Waals surface area contributed by atoms with E-state index in [2.05, 4.69) is 10.6 Å². The lowest BCUT2D eigenvalue weighted by Crippen LogP contribution is -2.47. The van der Waals surface area contributed by atoms with Crippen LogP contribution in [-0.4, -0.2) is 49.0 Å². The average molecular weight is 466 g/mol. The second-order valence-electron chi connectivity index (χ2n) is 8.48. The van der Waals surface area contributed by atoms with Gasteiger partial charge in [0.1, 0.15) is 12.1 Å². The summed E-state index contributed by atoms with van der Waals surface area (Å²) in [4.78, 5) is 39.6. The van der Waals surface area contributed by atoms with E-state index in [0.717, 1.165) is 34.4 Å². The molecule has 2 aromatic carbocycles. The maximum absolute atomic E-state index is 13.3. The van der Waals surface area contributed by atoms with Crippen LogP contribution in [0.4, 0.5) is 4.79 Å². The summed E-state index contributed by atoms with van der Waals surface area (Å²) < 4.78 is 11.2. The third kappa shape index (κ3) is 4.58. The normalized spacial score (nSPS) is 19.1. The van der Waals surface area contributed by atoms with Gasteiger partial charge in [0.2, 0.25) is 5.91 Å². The number of rotatable bonds is 9. The molecule has 2 aliphatic rings. The van der Waals surface area contributed by atoms with Gasteiger partial charge < -0.3 is 20.1 Å². The standard InChI is InChI=1S/C26H31N3O5/c1-3-33-21-12-11-18(16-22(21)34-4-2)13-15-27-23(30)17-29-24(31)26(28-25(29)32)14-7-9-19-8-5-6-10-20(19)26/h5-6,8,10-12,16H,3-4,7,9,13-15,17H2,1-2H3,(H,27,30)(H,28,32)/t26-/m0/s1. The highest BCUT2D eigenvalue weighted by Crippen LogP contribution is 2.39. The molecule has 2 aromatic rings. The number of nitrogens with one attached hydrogen (secondary N) is 2. The van der Waals surface area contributed by atoms with Gasteiger partial charge in [0.25, 0.3) is 5.91 Å². The highest BCUT2D eigenvalue weighted by Gasteiger charge is 2.54. The van der Waals surface area contributed by atoms with Gasteiger partial charge in [-0.3, -0.25) is 14.5 Å². The molecule has 4 amide bonds. The first-order valence-electron chi connectivity index (χ1n) is 11.9. The van der Waals surface area contributed by atoms with Crippen LogP contribution in [0.2, 0.25) is 0 Å². The van der Waals surface area contributed by atoms with Crippen molar-refractivity contribution in [3.05, 3.63) is 59.2 Å². The van der Waals surface area contributed by atoms with Gasteiger partial charge in [-0.05, 0) is 68.4 Å². The van der Waals surface area contributed by atoms with Crippen molar-refractivity contribution in [1.82, 2.24) is 15.5 Å². The summed E-state index contributed by atoms with van der Waals surface area (Å²) in [5.41, 5.74) is 1.82. The van der Waals surface area contributed by atoms with E-state index in [9.17, 15) is 14.4 Å². The molecule has 1 spiro atoms. The number of ether oxygens (including phenoxy) is 2. The van der Waals surface area contributed by atoms with Crippen LogP contribution in [0, 0.1) is 0 Å². The van der Waals surface area contributed by atoms with Gasteiger partial charge in [0, 0.05) is 6.54 Å². The molecule has 4 rings (SSSR count). The van der Waals surface area contributed by atoms with E-state index < -0.39 is 11.6 Å². The molecular weight excluding hydrogens is 434 g/mol. The number of hydrogen-bond acceptors (Lipinski definition) is 5. The molecule has 8 nitrogen and oxygen atoms in total. The number of imide groups is 1. The molecular formula is C26H31N3O5. The minimum atomic E-state index is -1.07. The van der Waals surface area contributed by atoms with Gasteiger partial charge in [-0.2, -0.15) is 0 Å². The second-order valence-corrected chi connectivity index (χ2v) is 8.48. The molecule has 1 saturated heterocycles. The molecule has 0 radical (unpaired) electrons. The molecule has 1 aliphatic carbocycles. The Morgan fingerprint density at radius 2 is 1.85 bits per heavy atom. The number of fused-ring (bicyclic) bond motifs is 2. The second kappa shape index (κ2) is 10.2. The summed E-state index contributed by atoms with van der Waals surface area (Å²) in [6.45, 7) is 4.97. The fraction of sp³-hybridized carbons (Fsp3) is 0.423. The zero-order valence-corrected chi connectivity index (χ0v) is 19.7. The van der Waals surface area contributed by atoms with Gasteiger partial charge in [0.05, 0.1) is 13.2 Å². The van der Waals surface area contributed by atoms with Crippen LogP contribution in [0.5, 0.6) is 11.5 Å². The van der Waals surface area contributed by atoms with Gasteiger partial charge >= 0.3 is 6.03 Å². The van der Waals surface area contributed by atoms with Crippen molar-refractivity contribution in [2.45, 2.75) is 45.1 Å². The zero-order valence-electron chi connectivity index (χ0n) is 19.7. The first-order chi connectivity index (χ1) is 16.5. The topological polar surface area (TPSA) is 97.0 Å². The number of amides is 4. The minimum absolute atomic E-state index is 0.304. The van der Waals surface area contributed by atoms with E-state index in [-0.39, 0.29) is 18.4 Å². The quantitative estimate of drug-likeness (QED) is 0.555. The first-order valence-corrected chi connectivity index (χ1v) is 11.9. The number of carbonyl (C=O) groups excluding carboxylic acids is 3. The Kier molecular flexibility index (Phi) is 7.05. The van der Waals surface area contributed by atoms with Crippen LogP contribution in [0.1, 0.15) is 43.4 Å². The van der Waals surface area contributed by atoms with E-state index in [1.807, 2.05) is 56.3 Å². The number of aryl methyl sites for hydroxylation is 1. The third-order valence-corrected chi connectivity index (χ3v) is 6.30. The predicted molar refractivity (Wildman–Crippen MR) is 127 cm³/mol. The van der Waals surface area contributed by atoms with Crippen LogP contribution in [-0.2, 0) is 28.0 Å². The van der Waals surface area contributed by atoms with E-state index in [4.69, 9.17) is 9.47 Å². The number of hydrogen-bond donors (Lipinski definition) is 2. The van der Waals surface area contributed by atoms with Crippen molar-refractivity contribution in [2.24, 2.45) is 0 Å². The van der Waals surface area contributed by atoms with Crippen molar-refractivity contribution in [3.8, 4) is 11.5 Å². The molecule has 2 N–H and O–H groups in total. The lowest BCUT2D eigenvalue weighted by molar-refractivity contribution is -0.135. The average Bonchev–Trinajstić information content (AvgIpc) is 3.06. The Morgan fingerprint density at radius 3 is 2.65 bits per heavy atom. The SMILES string of the molecule is CCOc1ccc(CCNC(=O)CN2C(=O)N[C@]3(CCCc4ccccc43)C2=O)cc1OCC. The lowest BCUT2D eigenvalue weighted by Gasteiger charge is -2.33. The van der Waals surface area contributed by atoms with E-state index in [1.165, 1.54) is 0 Å². The molecule has 0 unspecified atom stereocenters. The summed E-state index contributed by atoms with van der Waals surface area (Å²) >= 11 is 0. The monoisotopic (exact) mass is 465 g/mol. The summed E-state index contributed by atoms with van der Waals surface area (Å²) in [5, 5.41) is 5.69. The van der Waals surface area contributed by atoms with Gasteiger partial charge in [0.15, 0.2) is 11.5 Å². The van der Waals surface area contributed by atoms with Crippen LogP contribution < -0.4 is 20.1 Å². The number of benzene rings is 2. The van der Waals surface area contributed by atoms with Crippen molar-refractivity contribution in [3.63, 3.8) is 0 Å². The van der Waals surface area contributed by atoms with Gasteiger partial charge in [-0.25, -0.2) is 4.79 Å². The van der Waals surface area contributed by atoms with Crippen LogP contribution in [0.15, 0.2) is 42.5 Å². The van der Waals surface area contributed by atoms with E-state index >= 15 is 0 Å². The van der Waals surface area contributed by atoms with Gasteiger partial charge in [-0.15, -0.1) is 0 Å². The molecule has 1 fully saturated rings. The maximum atomic E-state index is 13.3. The van der Waals surface area contributed by atoms with Crippen molar-refractivity contribution in [2.75, 3.05) is 26.3 Å². The summed E-state index contributed by atoms with van der Waals surface area (Å²) in [6, 6.07) is 12.9. The molecule has 1 aliphatic heterocycles. The number of nitrogens with zero attached hydrogens (tertiary/aromatic N) is 1. The Balaban J connectivity index is 1.36. The summed E-state index contributed by atoms with van der Waals surface area (Å²) in [5.74, 6) is 0.632.